The van der Waals surface area contributed by atoms with E-state index in [9.17, 15) is 0 Å². The van der Waals surface area contributed by atoms with Gasteiger partial charge < -0.3 is 5.73 Å². The highest BCUT2D eigenvalue weighted by Crippen LogP contribution is 2.27. The molecule has 100 valence electrons. The molecule has 0 aromatic heterocycles. The molecule has 1 aliphatic rings. The van der Waals surface area contributed by atoms with Crippen molar-refractivity contribution in [2.45, 2.75) is 52.1 Å². The van der Waals surface area contributed by atoms with Crippen LogP contribution in [0.4, 0.5) is 0 Å². The van der Waals surface area contributed by atoms with Gasteiger partial charge in [0.25, 0.3) is 0 Å². The molecule has 1 saturated carbocycles. The topological polar surface area (TPSA) is 29.3 Å². The molecule has 18 heavy (non-hydrogen) atoms. The lowest BCUT2D eigenvalue weighted by Crippen LogP contribution is -2.41. The van der Waals surface area contributed by atoms with Gasteiger partial charge in [0.1, 0.15) is 0 Å². The van der Waals surface area contributed by atoms with Gasteiger partial charge in [-0.15, -0.1) is 0 Å². The fraction of sp³-hybridized carbons (Fsp3) is 0.625. The van der Waals surface area contributed by atoms with Crippen LogP contribution in [0.3, 0.4) is 0 Å². The maximum Gasteiger partial charge on any atom is 0.0241 e. The molecule has 0 amide bonds. The molecule has 2 nitrogen and oxygen atoms in total. The van der Waals surface area contributed by atoms with Crippen molar-refractivity contribution in [3.8, 4) is 0 Å². The van der Waals surface area contributed by atoms with Crippen LogP contribution in [0.1, 0.15) is 42.4 Å². The third-order valence-electron chi connectivity index (χ3n) is 4.25. The fourth-order valence-corrected chi connectivity index (χ4v) is 2.74. The van der Waals surface area contributed by atoms with E-state index in [1.165, 1.54) is 36.0 Å². The molecule has 2 N–H and O–H groups in total. The van der Waals surface area contributed by atoms with Crippen LogP contribution in [0.25, 0.3) is 0 Å². The second-order valence-corrected chi connectivity index (χ2v) is 5.57. The number of hydrogen-bond donors (Lipinski definition) is 1. The molecule has 0 bridgehead atoms. The molecular formula is C16H26N2. The van der Waals surface area contributed by atoms with Gasteiger partial charge in [0, 0.05) is 12.6 Å². The summed E-state index contributed by atoms with van der Waals surface area (Å²) in [7, 11) is 0. The molecule has 0 saturated heterocycles. The summed E-state index contributed by atoms with van der Waals surface area (Å²) in [4.78, 5) is 2.64. The quantitative estimate of drug-likeness (QED) is 0.836. The highest BCUT2D eigenvalue weighted by atomic mass is 15.2. The highest BCUT2D eigenvalue weighted by Gasteiger charge is 2.25. The van der Waals surface area contributed by atoms with E-state index in [0.717, 1.165) is 32.1 Å². The van der Waals surface area contributed by atoms with Gasteiger partial charge in [0.2, 0.25) is 0 Å². The number of benzene rings is 1. The van der Waals surface area contributed by atoms with Gasteiger partial charge in [-0.2, -0.15) is 0 Å². The molecule has 0 unspecified atom stereocenters. The van der Waals surface area contributed by atoms with E-state index in [1.54, 1.807) is 0 Å². The first-order valence-corrected chi connectivity index (χ1v) is 7.21. The Balaban J connectivity index is 2.07. The van der Waals surface area contributed by atoms with E-state index < -0.39 is 0 Å². The van der Waals surface area contributed by atoms with Crippen molar-refractivity contribution in [1.29, 1.82) is 0 Å². The maximum absolute atomic E-state index is 5.66. The van der Waals surface area contributed by atoms with E-state index in [4.69, 9.17) is 5.73 Å². The lowest BCUT2D eigenvalue weighted by Gasteiger charge is -2.38. The van der Waals surface area contributed by atoms with E-state index in [0.29, 0.717) is 0 Å². The van der Waals surface area contributed by atoms with Crippen molar-refractivity contribution in [2.24, 2.45) is 5.73 Å². The van der Waals surface area contributed by atoms with Crippen LogP contribution in [0.5, 0.6) is 0 Å². The van der Waals surface area contributed by atoms with Crippen molar-refractivity contribution in [3.63, 3.8) is 0 Å². The number of nitrogens with two attached hydrogens (primary N) is 1. The molecule has 0 aliphatic heterocycles. The summed E-state index contributed by atoms with van der Waals surface area (Å²) >= 11 is 0. The Morgan fingerprint density at radius 1 is 1.22 bits per heavy atom. The van der Waals surface area contributed by atoms with Crippen molar-refractivity contribution in [2.75, 3.05) is 13.1 Å². The third-order valence-corrected chi connectivity index (χ3v) is 4.25. The second kappa shape index (κ2) is 6.35. The minimum absolute atomic E-state index is 0.801. The highest BCUT2D eigenvalue weighted by molar-refractivity contribution is 5.33. The van der Waals surface area contributed by atoms with Crippen LogP contribution < -0.4 is 5.73 Å². The van der Waals surface area contributed by atoms with Gasteiger partial charge in [-0.3, -0.25) is 4.90 Å². The minimum atomic E-state index is 0.801. The van der Waals surface area contributed by atoms with Gasteiger partial charge in [0.15, 0.2) is 0 Å². The van der Waals surface area contributed by atoms with Crippen LogP contribution in [-0.4, -0.2) is 24.0 Å². The predicted octanol–water partition coefficient (Wildman–Crippen LogP) is 3.01. The second-order valence-electron chi connectivity index (χ2n) is 5.57. The summed E-state index contributed by atoms with van der Waals surface area (Å²) in [6, 6.07) is 7.41. The maximum atomic E-state index is 5.66. The van der Waals surface area contributed by atoms with Crippen LogP contribution in [0.15, 0.2) is 18.2 Å². The molecule has 0 atom stereocenters. The van der Waals surface area contributed by atoms with Gasteiger partial charge in [-0.05, 0) is 62.9 Å². The van der Waals surface area contributed by atoms with Crippen molar-refractivity contribution in [1.82, 2.24) is 4.90 Å². The number of hydrogen-bond acceptors (Lipinski definition) is 2. The molecule has 0 radical (unpaired) electrons. The SMILES string of the molecule is Cc1cccc(C)c1CN(CCCN)C1CCC1. The summed E-state index contributed by atoms with van der Waals surface area (Å²) in [5.74, 6) is 0. The zero-order chi connectivity index (χ0) is 13.0. The summed E-state index contributed by atoms with van der Waals surface area (Å²) in [6.07, 6.45) is 5.25. The minimum Gasteiger partial charge on any atom is -0.330 e. The summed E-state index contributed by atoms with van der Waals surface area (Å²) in [5, 5.41) is 0. The molecule has 1 aromatic rings. The zero-order valence-corrected chi connectivity index (χ0v) is 11.8. The van der Waals surface area contributed by atoms with Gasteiger partial charge in [-0.1, -0.05) is 24.6 Å². The third kappa shape index (κ3) is 3.12. The molecule has 1 aromatic carbocycles. The smallest absolute Gasteiger partial charge is 0.0241 e. The Morgan fingerprint density at radius 2 is 1.89 bits per heavy atom. The van der Waals surface area contributed by atoms with Gasteiger partial charge >= 0.3 is 0 Å². The number of rotatable bonds is 6. The van der Waals surface area contributed by atoms with Crippen LogP contribution >= 0.6 is 0 Å². The lowest BCUT2D eigenvalue weighted by molar-refractivity contribution is 0.118. The first-order valence-electron chi connectivity index (χ1n) is 7.21. The normalized spacial score (nSPS) is 16.0. The van der Waals surface area contributed by atoms with Gasteiger partial charge in [0.05, 0.1) is 0 Å². The number of aryl methyl sites for hydroxylation is 2. The average Bonchev–Trinajstić information content (AvgIpc) is 2.28. The first kappa shape index (κ1) is 13.6. The summed E-state index contributed by atoms with van der Waals surface area (Å²) < 4.78 is 0. The van der Waals surface area contributed by atoms with Crippen LogP contribution in [0, 0.1) is 13.8 Å². The first-order chi connectivity index (χ1) is 8.72. The Kier molecular flexibility index (Phi) is 4.79. The molecule has 1 fully saturated rings. The molecule has 0 spiro atoms. The van der Waals surface area contributed by atoms with Crippen molar-refractivity contribution < 1.29 is 0 Å². The fourth-order valence-electron chi connectivity index (χ4n) is 2.74. The van der Waals surface area contributed by atoms with E-state index in [2.05, 4.69) is 36.9 Å². The molecular weight excluding hydrogens is 220 g/mol. The van der Waals surface area contributed by atoms with Crippen LogP contribution in [-0.2, 0) is 6.54 Å². The monoisotopic (exact) mass is 246 g/mol. The predicted molar refractivity (Wildman–Crippen MR) is 77.6 cm³/mol. The Bertz CT molecular complexity index is 362. The van der Waals surface area contributed by atoms with E-state index in [-0.39, 0.29) is 0 Å². The lowest BCUT2D eigenvalue weighted by atomic mass is 9.90. The van der Waals surface area contributed by atoms with E-state index >= 15 is 0 Å². The van der Waals surface area contributed by atoms with Crippen molar-refractivity contribution in [3.05, 3.63) is 34.9 Å². The average molecular weight is 246 g/mol. The molecule has 1 aliphatic carbocycles. The van der Waals surface area contributed by atoms with Gasteiger partial charge in [-0.25, -0.2) is 0 Å². The Hall–Kier alpha value is -0.860. The Morgan fingerprint density at radius 3 is 2.39 bits per heavy atom. The molecule has 2 heteroatoms. The standard InChI is InChI=1S/C16H26N2/c1-13-6-3-7-14(2)16(13)12-18(11-5-10-17)15-8-4-9-15/h3,6-7,15H,4-5,8-12,17H2,1-2H3. The summed E-state index contributed by atoms with van der Waals surface area (Å²) in [5.41, 5.74) is 10.0. The molecule has 0 heterocycles. The number of nitrogens with zero attached hydrogens (tertiary/aromatic N) is 1. The zero-order valence-electron chi connectivity index (χ0n) is 11.8. The summed E-state index contributed by atoms with van der Waals surface area (Å²) in [6.45, 7) is 7.50. The molecule has 2 rings (SSSR count). The van der Waals surface area contributed by atoms with Crippen molar-refractivity contribution >= 4 is 0 Å². The van der Waals surface area contributed by atoms with E-state index in [1.807, 2.05) is 0 Å². The van der Waals surface area contributed by atoms with Crippen LogP contribution in [0.2, 0.25) is 0 Å². The Labute approximate surface area is 111 Å². The largest absolute Gasteiger partial charge is 0.330 e.